The van der Waals surface area contributed by atoms with Crippen LogP contribution in [0.2, 0.25) is 0 Å². The van der Waals surface area contributed by atoms with E-state index in [9.17, 15) is 22.0 Å². The van der Waals surface area contributed by atoms with Crippen molar-refractivity contribution in [2.24, 2.45) is 4.99 Å². The van der Waals surface area contributed by atoms with Crippen LogP contribution in [0.4, 0.5) is 22.0 Å². The topological polar surface area (TPSA) is 56.7 Å². The van der Waals surface area contributed by atoms with Crippen LogP contribution in [0.15, 0.2) is 41.4 Å². The third-order valence-electron chi connectivity index (χ3n) is 3.52. The first-order valence-electron chi connectivity index (χ1n) is 7.48. The molecule has 0 bridgehead atoms. The number of aromatic hydroxyl groups is 1. The Hall–Kier alpha value is -2.84. The Bertz CT molecular complexity index is 805. The molecule has 4 nitrogen and oxygen atoms in total. The first-order valence-corrected chi connectivity index (χ1v) is 7.48. The van der Waals surface area contributed by atoms with E-state index in [2.05, 4.69) is 15.6 Å². The fourth-order valence-electron chi connectivity index (χ4n) is 2.21. The Kier molecular flexibility index (Phi) is 6.01. The van der Waals surface area contributed by atoms with E-state index in [1.807, 2.05) is 0 Å². The Morgan fingerprint density at radius 1 is 1.04 bits per heavy atom. The summed E-state index contributed by atoms with van der Waals surface area (Å²) >= 11 is 0. The molecule has 0 unspecified atom stereocenters. The van der Waals surface area contributed by atoms with Crippen LogP contribution in [0.25, 0.3) is 0 Å². The standard InChI is InChI=1S/C17H16F5N3O/c1-23-16(24-8-10-2-5-15(26)14(19)6-10)25-9-11-3-4-12(18)7-13(11)17(20,21)22/h2-7,26H,8-9H2,1H3,(H2,23,24,25). The third kappa shape index (κ3) is 5.08. The van der Waals surface area contributed by atoms with Crippen molar-refractivity contribution >= 4 is 5.96 Å². The maximum absolute atomic E-state index is 13.3. The van der Waals surface area contributed by atoms with Gasteiger partial charge in [0, 0.05) is 20.1 Å². The number of phenols is 1. The minimum atomic E-state index is -4.68. The number of benzene rings is 2. The molecule has 0 spiro atoms. The van der Waals surface area contributed by atoms with Crippen LogP contribution >= 0.6 is 0 Å². The van der Waals surface area contributed by atoms with E-state index >= 15 is 0 Å². The molecule has 2 aromatic rings. The highest BCUT2D eigenvalue weighted by molar-refractivity contribution is 5.79. The van der Waals surface area contributed by atoms with E-state index in [0.717, 1.165) is 18.2 Å². The van der Waals surface area contributed by atoms with E-state index in [1.165, 1.54) is 19.2 Å². The van der Waals surface area contributed by atoms with Crippen LogP contribution in [0.1, 0.15) is 16.7 Å². The van der Waals surface area contributed by atoms with Crippen molar-refractivity contribution in [3.63, 3.8) is 0 Å². The molecular weight excluding hydrogens is 357 g/mol. The number of nitrogens with one attached hydrogen (secondary N) is 2. The molecule has 26 heavy (non-hydrogen) atoms. The van der Waals surface area contributed by atoms with E-state index < -0.39 is 29.1 Å². The molecule has 0 aliphatic rings. The van der Waals surface area contributed by atoms with Gasteiger partial charge in [-0.1, -0.05) is 12.1 Å². The molecule has 0 amide bonds. The highest BCUT2D eigenvalue weighted by Crippen LogP contribution is 2.32. The molecule has 2 aromatic carbocycles. The van der Waals surface area contributed by atoms with Crippen molar-refractivity contribution < 1.29 is 27.1 Å². The van der Waals surface area contributed by atoms with Gasteiger partial charge < -0.3 is 15.7 Å². The van der Waals surface area contributed by atoms with Crippen LogP contribution in [0.5, 0.6) is 5.75 Å². The van der Waals surface area contributed by atoms with Crippen LogP contribution in [-0.4, -0.2) is 18.1 Å². The molecule has 0 aliphatic heterocycles. The number of guanidine groups is 1. The summed E-state index contributed by atoms with van der Waals surface area (Å²) in [5.41, 5.74) is -0.709. The predicted octanol–water partition coefficient (Wildman–Crippen LogP) is 3.55. The Morgan fingerprint density at radius 3 is 2.35 bits per heavy atom. The Morgan fingerprint density at radius 2 is 1.73 bits per heavy atom. The molecule has 3 N–H and O–H groups in total. The fourth-order valence-corrected chi connectivity index (χ4v) is 2.21. The molecule has 140 valence electrons. The highest BCUT2D eigenvalue weighted by atomic mass is 19.4. The second-order valence-corrected chi connectivity index (χ2v) is 5.36. The van der Waals surface area contributed by atoms with Crippen molar-refractivity contribution in [2.75, 3.05) is 7.05 Å². The summed E-state index contributed by atoms with van der Waals surface area (Å²) in [7, 11) is 1.42. The van der Waals surface area contributed by atoms with Crippen LogP contribution in [0, 0.1) is 11.6 Å². The van der Waals surface area contributed by atoms with Gasteiger partial charge in [0.05, 0.1) is 5.56 Å². The van der Waals surface area contributed by atoms with Crippen molar-refractivity contribution in [1.82, 2.24) is 10.6 Å². The van der Waals surface area contributed by atoms with Gasteiger partial charge in [-0.3, -0.25) is 4.99 Å². The molecular formula is C17H16F5N3O. The van der Waals surface area contributed by atoms with E-state index in [4.69, 9.17) is 5.11 Å². The van der Waals surface area contributed by atoms with Gasteiger partial charge >= 0.3 is 6.18 Å². The van der Waals surface area contributed by atoms with E-state index in [-0.39, 0.29) is 24.6 Å². The lowest BCUT2D eigenvalue weighted by Crippen LogP contribution is -2.36. The average Bonchev–Trinajstić information content (AvgIpc) is 2.58. The molecule has 0 atom stereocenters. The summed E-state index contributed by atoms with van der Waals surface area (Å²) in [6.07, 6.45) is -4.68. The number of aliphatic imine (C=N–C) groups is 1. The van der Waals surface area contributed by atoms with Gasteiger partial charge in [-0.25, -0.2) is 8.78 Å². The zero-order valence-electron chi connectivity index (χ0n) is 13.7. The number of hydrogen-bond donors (Lipinski definition) is 3. The zero-order valence-corrected chi connectivity index (χ0v) is 13.7. The van der Waals surface area contributed by atoms with Crippen molar-refractivity contribution in [3.8, 4) is 5.75 Å². The lowest BCUT2D eigenvalue weighted by Gasteiger charge is -2.16. The Balaban J connectivity index is 2.02. The summed E-state index contributed by atoms with van der Waals surface area (Å²) in [5, 5.41) is 14.6. The lowest BCUT2D eigenvalue weighted by atomic mass is 10.1. The minimum Gasteiger partial charge on any atom is -0.505 e. The van der Waals surface area contributed by atoms with E-state index in [0.29, 0.717) is 11.6 Å². The summed E-state index contributed by atoms with van der Waals surface area (Å²) in [6, 6.07) is 6.23. The second kappa shape index (κ2) is 8.03. The predicted molar refractivity (Wildman–Crippen MR) is 86.5 cm³/mol. The first kappa shape index (κ1) is 19.5. The maximum atomic E-state index is 13.3. The minimum absolute atomic E-state index is 0.131. The van der Waals surface area contributed by atoms with Gasteiger partial charge in [-0.15, -0.1) is 0 Å². The first-order chi connectivity index (χ1) is 12.2. The molecule has 9 heteroatoms. The fraction of sp³-hybridized carbons (Fsp3) is 0.235. The number of halogens is 5. The van der Waals surface area contributed by atoms with Gasteiger partial charge in [-0.05, 0) is 35.4 Å². The zero-order chi connectivity index (χ0) is 19.3. The molecule has 0 aromatic heterocycles. The average molecular weight is 373 g/mol. The number of phenolic OH excluding ortho intramolecular Hbond substituents is 1. The van der Waals surface area contributed by atoms with Crippen LogP contribution in [0.3, 0.4) is 0 Å². The number of rotatable bonds is 4. The number of nitrogens with zero attached hydrogens (tertiary/aromatic N) is 1. The summed E-state index contributed by atoms with van der Waals surface area (Å²) in [6.45, 7) is -0.106. The normalized spacial score (nSPS) is 12.2. The largest absolute Gasteiger partial charge is 0.505 e. The smallest absolute Gasteiger partial charge is 0.416 e. The van der Waals surface area contributed by atoms with Crippen molar-refractivity contribution in [3.05, 3.63) is 64.7 Å². The SMILES string of the molecule is CN=C(NCc1ccc(O)c(F)c1)NCc1ccc(F)cc1C(F)(F)F. The van der Waals surface area contributed by atoms with Gasteiger partial charge in [0.15, 0.2) is 17.5 Å². The third-order valence-corrected chi connectivity index (χ3v) is 3.52. The number of hydrogen-bond acceptors (Lipinski definition) is 2. The van der Waals surface area contributed by atoms with Gasteiger partial charge in [0.25, 0.3) is 0 Å². The lowest BCUT2D eigenvalue weighted by molar-refractivity contribution is -0.138. The van der Waals surface area contributed by atoms with Crippen LogP contribution in [-0.2, 0) is 19.3 Å². The van der Waals surface area contributed by atoms with Gasteiger partial charge in [0.1, 0.15) is 5.82 Å². The summed E-state index contributed by atoms with van der Waals surface area (Å²) < 4.78 is 65.3. The van der Waals surface area contributed by atoms with Gasteiger partial charge in [0.2, 0.25) is 0 Å². The quantitative estimate of drug-likeness (QED) is 0.436. The maximum Gasteiger partial charge on any atom is 0.416 e. The van der Waals surface area contributed by atoms with Crippen molar-refractivity contribution in [2.45, 2.75) is 19.3 Å². The highest BCUT2D eigenvalue weighted by Gasteiger charge is 2.33. The summed E-state index contributed by atoms with van der Waals surface area (Å²) in [4.78, 5) is 3.86. The Labute approximate surface area is 146 Å². The van der Waals surface area contributed by atoms with E-state index in [1.54, 1.807) is 0 Å². The molecule has 2 rings (SSSR count). The van der Waals surface area contributed by atoms with Crippen LogP contribution < -0.4 is 10.6 Å². The number of alkyl halides is 3. The van der Waals surface area contributed by atoms with Gasteiger partial charge in [-0.2, -0.15) is 13.2 Å². The summed E-state index contributed by atoms with van der Waals surface area (Å²) in [5.74, 6) is -2.06. The molecule has 0 saturated carbocycles. The second-order valence-electron chi connectivity index (χ2n) is 5.36. The molecule has 0 heterocycles. The molecule has 0 fully saturated rings. The molecule has 0 radical (unpaired) electrons. The molecule has 0 saturated heterocycles. The monoisotopic (exact) mass is 373 g/mol. The van der Waals surface area contributed by atoms with Crippen molar-refractivity contribution in [1.29, 1.82) is 0 Å². The molecule has 0 aliphatic carbocycles.